The van der Waals surface area contributed by atoms with Gasteiger partial charge < -0.3 is 15.0 Å². The molecular formula is C19H22N2O3. The van der Waals surface area contributed by atoms with Crippen LogP contribution in [0.5, 0.6) is 5.75 Å². The van der Waals surface area contributed by atoms with Gasteiger partial charge in [0.1, 0.15) is 11.9 Å². The summed E-state index contributed by atoms with van der Waals surface area (Å²) in [6, 6.07) is 7.33. The fourth-order valence-corrected chi connectivity index (χ4v) is 2.89. The first-order chi connectivity index (χ1) is 11.6. The van der Waals surface area contributed by atoms with E-state index in [4.69, 9.17) is 4.74 Å². The van der Waals surface area contributed by atoms with Crippen molar-refractivity contribution in [1.82, 2.24) is 4.90 Å². The summed E-state index contributed by atoms with van der Waals surface area (Å²) in [5.41, 5.74) is 0.827. The van der Waals surface area contributed by atoms with Crippen molar-refractivity contribution in [2.75, 3.05) is 25.5 Å². The van der Waals surface area contributed by atoms with E-state index in [1.807, 2.05) is 12.1 Å². The molecule has 1 heterocycles. The third-order valence-corrected chi connectivity index (χ3v) is 4.31. The monoisotopic (exact) mass is 326 g/mol. The molecule has 1 fully saturated rings. The smallest absolute Gasteiger partial charge is 0.259 e. The summed E-state index contributed by atoms with van der Waals surface area (Å²) in [4.78, 5) is 26.3. The normalized spacial score (nSPS) is 19.0. The van der Waals surface area contributed by atoms with Gasteiger partial charge in [0.2, 0.25) is 0 Å². The van der Waals surface area contributed by atoms with Crippen LogP contribution in [-0.4, -0.2) is 42.8 Å². The molecular weight excluding hydrogens is 304 g/mol. The van der Waals surface area contributed by atoms with Gasteiger partial charge in [0, 0.05) is 31.3 Å². The maximum absolute atomic E-state index is 12.2. The van der Waals surface area contributed by atoms with E-state index in [1.54, 1.807) is 30.4 Å². The molecule has 1 aromatic rings. The summed E-state index contributed by atoms with van der Waals surface area (Å²) in [7, 11) is 2.11. The molecule has 1 aromatic carbocycles. The summed E-state index contributed by atoms with van der Waals surface area (Å²) in [5, 5.41) is 2.78. The van der Waals surface area contributed by atoms with Gasteiger partial charge in [-0.1, -0.05) is 18.2 Å². The second-order valence-electron chi connectivity index (χ2n) is 6.24. The van der Waals surface area contributed by atoms with E-state index in [2.05, 4.69) is 17.3 Å². The number of likely N-dealkylation sites (tertiary alicyclic amines) is 1. The third kappa shape index (κ3) is 4.11. The number of benzene rings is 1. The van der Waals surface area contributed by atoms with Crippen LogP contribution in [0.2, 0.25) is 0 Å². The van der Waals surface area contributed by atoms with Crippen LogP contribution in [0.3, 0.4) is 0 Å². The average Bonchev–Trinajstić information content (AvgIpc) is 2.58. The summed E-state index contributed by atoms with van der Waals surface area (Å²) < 4.78 is 6.02. The number of ketones is 1. The quantitative estimate of drug-likeness (QED) is 0.864. The molecule has 0 bridgehead atoms. The number of nitrogens with zero attached hydrogens (tertiary/aromatic N) is 1. The zero-order valence-electron chi connectivity index (χ0n) is 13.8. The van der Waals surface area contributed by atoms with Gasteiger partial charge in [-0.15, -0.1) is 0 Å². The molecule has 1 aliphatic heterocycles. The van der Waals surface area contributed by atoms with Crippen LogP contribution < -0.4 is 10.1 Å². The number of ether oxygens (including phenoxy) is 1. The Bertz CT molecular complexity index is 686. The number of anilines is 1. The minimum atomic E-state index is -0.374. The number of Topliss-reactive ketones (excluding diaryl/α,β-unsaturated/α-hetero) is 1. The van der Waals surface area contributed by atoms with E-state index in [0.29, 0.717) is 5.69 Å². The van der Waals surface area contributed by atoms with Gasteiger partial charge in [-0.2, -0.15) is 0 Å². The Labute approximate surface area is 142 Å². The number of nitrogens with one attached hydrogen (secondary N) is 1. The molecule has 126 valence electrons. The largest absolute Gasteiger partial charge is 0.490 e. The summed E-state index contributed by atoms with van der Waals surface area (Å²) in [5.74, 6) is 0.209. The van der Waals surface area contributed by atoms with Gasteiger partial charge in [0.25, 0.3) is 5.91 Å². The van der Waals surface area contributed by atoms with Gasteiger partial charge in [-0.05, 0) is 38.1 Å². The summed E-state index contributed by atoms with van der Waals surface area (Å²) in [6.07, 6.45) is 7.52. The van der Waals surface area contributed by atoms with E-state index in [1.165, 1.54) is 0 Å². The maximum atomic E-state index is 12.2. The zero-order valence-corrected chi connectivity index (χ0v) is 13.8. The number of hydrogen-bond donors (Lipinski definition) is 1. The van der Waals surface area contributed by atoms with Crippen molar-refractivity contribution in [2.24, 2.45) is 0 Å². The van der Waals surface area contributed by atoms with E-state index in [9.17, 15) is 9.59 Å². The van der Waals surface area contributed by atoms with Gasteiger partial charge in [0.05, 0.1) is 5.57 Å². The molecule has 0 saturated carbocycles. The number of hydrogen-bond acceptors (Lipinski definition) is 4. The Morgan fingerprint density at radius 1 is 1.29 bits per heavy atom. The average molecular weight is 326 g/mol. The van der Waals surface area contributed by atoms with Crippen molar-refractivity contribution in [1.29, 1.82) is 0 Å². The number of rotatable bonds is 4. The highest BCUT2D eigenvalue weighted by atomic mass is 16.5. The standard InChI is InChI=1S/C19H22N2O3/c1-21-11-9-15(10-12-21)24-16-6-4-5-14(13-16)20-19(23)17-7-2-3-8-18(17)22/h2-7,13,15H,8-12H2,1H3,(H,20,23). The van der Waals surface area contributed by atoms with Gasteiger partial charge >= 0.3 is 0 Å². The fraction of sp³-hybridized carbons (Fsp3) is 0.368. The lowest BCUT2D eigenvalue weighted by atomic mass is 10.0. The Balaban J connectivity index is 1.63. The first-order valence-corrected chi connectivity index (χ1v) is 8.28. The van der Waals surface area contributed by atoms with Crippen LogP contribution >= 0.6 is 0 Å². The van der Waals surface area contributed by atoms with Crippen LogP contribution in [0.1, 0.15) is 19.3 Å². The van der Waals surface area contributed by atoms with Crippen molar-refractivity contribution in [3.8, 4) is 5.75 Å². The Hall–Kier alpha value is -2.40. The van der Waals surface area contributed by atoms with Crippen molar-refractivity contribution in [2.45, 2.75) is 25.4 Å². The molecule has 0 unspecified atom stereocenters. The molecule has 0 radical (unpaired) electrons. The lowest BCUT2D eigenvalue weighted by Gasteiger charge is -2.29. The molecule has 2 aliphatic rings. The number of carbonyl (C=O) groups is 2. The van der Waals surface area contributed by atoms with Crippen LogP contribution in [-0.2, 0) is 9.59 Å². The topological polar surface area (TPSA) is 58.6 Å². The molecule has 24 heavy (non-hydrogen) atoms. The molecule has 1 saturated heterocycles. The van der Waals surface area contributed by atoms with Gasteiger partial charge in [-0.3, -0.25) is 9.59 Å². The molecule has 1 N–H and O–H groups in total. The second kappa shape index (κ2) is 7.45. The molecule has 0 aromatic heterocycles. The summed E-state index contributed by atoms with van der Waals surface area (Å²) >= 11 is 0. The highest BCUT2D eigenvalue weighted by molar-refractivity contribution is 6.24. The van der Waals surface area contributed by atoms with Crippen LogP contribution in [0.15, 0.2) is 48.1 Å². The van der Waals surface area contributed by atoms with Crippen LogP contribution in [0.4, 0.5) is 5.69 Å². The lowest BCUT2D eigenvalue weighted by molar-refractivity contribution is -0.119. The van der Waals surface area contributed by atoms with Crippen molar-refractivity contribution in [3.05, 3.63) is 48.1 Å². The van der Waals surface area contributed by atoms with E-state index < -0.39 is 0 Å². The first kappa shape index (κ1) is 16.5. The lowest BCUT2D eigenvalue weighted by Crippen LogP contribution is -2.35. The Morgan fingerprint density at radius 2 is 2.08 bits per heavy atom. The third-order valence-electron chi connectivity index (χ3n) is 4.31. The number of carbonyl (C=O) groups excluding carboxylic acids is 2. The maximum Gasteiger partial charge on any atom is 0.259 e. The first-order valence-electron chi connectivity index (χ1n) is 8.28. The predicted molar refractivity (Wildman–Crippen MR) is 93.1 cm³/mol. The zero-order chi connectivity index (χ0) is 16.9. The van der Waals surface area contributed by atoms with E-state index in [0.717, 1.165) is 31.7 Å². The molecule has 5 nitrogen and oxygen atoms in total. The molecule has 5 heteroatoms. The van der Waals surface area contributed by atoms with E-state index >= 15 is 0 Å². The van der Waals surface area contributed by atoms with Crippen LogP contribution in [0, 0.1) is 0 Å². The highest BCUT2D eigenvalue weighted by Gasteiger charge is 2.20. The SMILES string of the molecule is CN1CCC(Oc2cccc(NC(=O)C3=CC=CCC3=O)c2)CC1. The minimum absolute atomic E-state index is 0.159. The van der Waals surface area contributed by atoms with Crippen LogP contribution in [0.25, 0.3) is 0 Å². The second-order valence-corrected chi connectivity index (χ2v) is 6.24. The fourth-order valence-electron chi connectivity index (χ4n) is 2.89. The Kier molecular flexibility index (Phi) is 5.11. The molecule has 3 rings (SSSR count). The predicted octanol–water partition coefficient (Wildman–Crippen LogP) is 2.55. The Morgan fingerprint density at radius 3 is 2.83 bits per heavy atom. The minimum Gasteiger partial charge on any atom is -0.490 e. The molecule has 0 atom stereocenters. The van der Waals surface area contributed by atoms with Crippen molar-refractivity contribution in [3.63, 3.8) is 0 Å². The number of piperidine rings is 1. The summed E-state index contributed by atoms with van der Waals surface area (Å²) in [6.45, 7) is 2.07. The highest BCUT2D eigenvalue weighted by Crippen LogP contribution is 2.22. The van der Waals surface area contributed by atoms with Crippen molar-refractivity contribution >= 4 is 17.4 Å². The van der Waals surface area contributed by atoms with Gasteiger partial charge in [-0.25, -0.2) is 0 Å². The van der Waals surface area contributed by atoms with Gasteiger partial charge in [0.15, 0.2) is 5.78 Å². The number of amides is 1. The van der Waals surface area contributed by atoms with Crippen molar-refractivity contribution < 1.29 is 14.3 Å². The number of allylic oxidation sites excluding steroid dienone is 3. The molecule has 0 spiro atoms. The van der Waals surface area contributed by atoms with E-state index in [-0.39, 0.29) is 29.8 Å². The molecule has 1 amide bonds. The molecule has 1 aliphatic carbocycles.